The summed E-state index contributed by atoms with van der Waals surface area (Å²) in [6.07, 6.45) is 2.38. The largest absolute Gasteiger partial charge is 0.424 e. The van der Waals surface area contributed by atoms with Crippen molar-refractivity contribution >= 4 is 23.4 Å². The molecule has 0 saturated heterocycles. The van der Waals surface area contributed by atoms with Crippen molar-refractivity contribution in [2.75, 3.05) is 0 Å². The molecule has 3 rings (SSSR count). The number of hydrogen-bond donors (Lipinski definition) is 0. The van der Waals surface area contributed by atoms with Crippen LogP contribution >= 0.6 is 23.4 Å². The van der Waals surface area contributed by atoms with E-state index in [1.807, 2.05) is 35.8 Å². The van der Waals surface area contributed by atoms with Crippen molar-refractivity contribution in [2.24, 2.45) is 0 Å². The van der Waals surface area contributed by atoms with E-state index in [0.29, 0.717) is 22.6 Å². The third-order valence-corrected chi connectivity index (χ3v) is 3.90. The van der Waals surface area contributed by atoms with E-state index in [9.17, 15) is 0 Å². The summed E-state index contributed by atoms with van der Waals surface area (Å²) in [5.74, 6) is 1.77. The Morgan fingerprint density at radius 3 is 2.86 bits per heavy atom. The molecule has 2 aromatic heterocycles. The molecule has 21 heavy (non-hydrogen) atoms. The number of hydrogen-bond acceptors (Lipinski definition) is 6. The first kappa shape index (κ1) is 14.1. The normalized spacial score (nSPS) is 11.0. The number of aromatic nitrogens is 5. The smallest absolute Gasteiger partial charge is 0.226 e. The Bertz CT molecular complexity index is 742. The van der Waals surface area contributed by atoms with Gasteiger partial charge in [0.15, 0.2) is 5.16 Å². The molecule has 0 spiro atoms. The zero-order valence-electron chi connectivity index (χ0n) is 11.2. The summed E-state index contributed by atoms with van der Waals surface area (Å²) >= 11 is 7.49. The first-order chi connectivity index (χ1) is 10.3. The maximum absolute atomic E-state index is 6.01. The second-order valence-corrected chi connectivity index (χ2v) is 5.57. The highest BCUT2D eigenvalue weighted by atomic mass is 35.5. The van der Waals surface area contributed by atoms with Gasteiger partial charge < -0.3 is 4.42 Å². The van der Waals surface area contributed by atoms with Crippen molar-refractivity contribution in [3.8, 4) is 5.69 Å². The van der Waals surface area contributed by atoms with Gasteiger partial charge in [0, 0.05) is 11.4 Å². The summed E-state index contributed by atoms with van der Waals surface area (Å²) < 4.78 is 7.34. The molecular formula is C13H12ClN5OS. The minimum atomic E-state index is 0.548. The van der Waals surface area contributed by atoms with Gasteiger partial charge in [-0.2, -0.15) is 0 Å². The van der Waals surface area contributed by atoms with Gasteiger partial charge in [-0.25, -0.2) is 0 Å². The molecule has 0 unspecified atom stereocenters. The standard InChI is InChI=1S/C13H12ClN5OS/c1-2-11-16-17-12(20-11)7-21-13-18-15-8-19(13)10-5-3-4-9(14)6-10/h3-6,8H,2,7H2,1H3. The summed E-state index contributed by atoms with van der Waals surface area (Å²) in [5.41, 5.74) is 0.912. The zero-order valence-corrected chi connectivity index (χ0v) is 12.8. The Morgan fingerprint density at radius 1 is 1.24 bits per heavy atom. The van der Waals surface area contributed by atoms with Crippen LogP contribution in [0.15, 0.2) is 40.2 Å². The Labute approximate surface area is 130 Å². The number of benzene rings is 1. The van der Waals surface area contributed by atoms with Crippen molar-refractivity contribution in [3.63, 3.8) is 0 Å². The SMILES string of the molecule is CCc1nnc(CSc2nncn2-c2cccc(Cl)c2)o1. The van der Waals surface area contributed by atoms with Gasteiger partial charge in [0.05, 0.1) is 11.4 Å². The fraction of sp³-hybridized carbons (Fsp3) is 0.231. The molecule has 3 aromatic rings. The number of rotatable bonds is 5. The summed E-state index contributed by atoms with van der Waals surface area (Å²) in [6.45, 7) is 1.97. The van der Waals surface area contributed by atoms with E-state index in [1.165, 1.54) is 11.8 Å². The number of thioether (sulfide) groups is 1. The third-order valence-electron chi connectivity index (χ3n) is 2.74. The van der Waals surface area contributed by atoms with E-state index in [-0.39, 0.29) is 0 Å². The molecule has 0 saturated carbocycles. The van der Waals surface area contributed by atoms with Crippen LogP contribution in [-0.4, -0.2) is 25.0 Å². The summed E-state index contributed by atoms with van der Waals surface area (Å²) in [4.78, 5) is 0. The number of aryl methyl sites for hydroxylation is 1. The van der Waals surface area contributed by atoms with Gasteiger partial charge in [0.25, 0.3) is 0 Å². The lowest BCUT2D eigenvalue weighted by atomic mass is 10.3. The van der Waals surface area contributed by atoms with Crippen LogP contribution < -0.4 is 0 Å². The van der Waals surface area contributed by atoms with Crippen LogP contribution in [0.3, 0.4) is 0 Å². The maximum Gasteiger partial charge on any atom is 0.226 e. The molecule has 8 heteroatoms. The molecule has 1 aromatic carbocycles. The van der Waals surface area contributed by atoms with E-state index in [0.717, 1.165) is 17.3 Å². The zero-order chi connectivity index (χ0) is 14.7. The summed E-state index contributed by atoms with van der Waals surface area (Å²) in [6, 6.07) is 7.52. The van der Waals surface area contributed by atoms with E-state index in [4.69, 9.17) is 16.0 Å². The number of nitrogens with zero attached hydrogens (tertiary/aromatic N) is 5. The molecule has 6 nitrogen and oxygen atoms in total. The first-order valence-electron chi connectivity index (χ1n) is 6.36. The van der Waals surface area contributed by atoms with Crippen LogP contribution in [0.2, 0.25) is 5.02 Å². The highest BCUT2D eigenvalue weighted by Crippen LogP contribution is 2.24. The van der Waals surface area contributed by atoms with Crippen molar-refractivity contribution in [1.82, 2.24) is 25.0 Å². The molecule has 0 radical (unpaired) electrons. The summed E-state index contributed by atoms with van der Waals surface area (Å²) in [7, 11) is 0. The first-order valence-corrected chi connectivity index (χ1v) is 7.72. The second-order valence-electron chi connectivity index (χ2n) is 4.20. The fourth-order valence-electron chi connectivity index (χ4n) is 1.74. The molecule has 108 valence electrons. The molecule has 0 N–H and O–H groups in total. The second kappa shape index (κ2) is 6.28. The van der Waals surface area contributed by atoms with Gasteiger partial charge in [-0.1, -0.05) is 36.4 Å². The van der Waals surface area contributed by atoms with Crippen LogP contribution in [0.4, 0.5) is 0 Å². The van der Waals surface area contributed by atoms with Crippen LogP contribution in [0, 0.1) is 0 Å². The Kier molecular flexibility index (Phi) is 4.21. The lowest BCUT2D eigenvalue weighted by molar-refractivity contribution is 0.470. The Balaban J connectivity index is 1.76. The van der Waals surface area contributed by atoms with E-state index in [2.05, 4.69) is 20.4 Å². The lowest BCUT2D eigenvalue weighted by Gasteiger charge is -2.05. The molecule has 0 aliphatic heterocycles. The molecule has 0 fully saturated rings. The van der Waals surface area contributed by atoms with Gasteiger partial charge in [-0.15, -0.1) is 20.4 Å². The molecule has 0 bridgehead atoms. The Hall–Kier alpha value is -1.86. The van der Waals surface area contributed by atoms with E-state index in [1.54, 1.807) is 6.33 Å². The average molecular weight is 322 g/mol. The van der Waals surface area contributed by atoms with Gasteiger partial charge in [-0.3, -0.25) is 4.57 Å². The van der Waals surface area contributed by atoms with Crippen LogP contribution in [0.25, 0.3) is 5.69 Å². The average Bonchev–Trinajstić information content (AvgIpc) is 3.14. The molecular weight excluding hydrogens is 310 g/mol. The lowest BCUT2D eigenvalue weighted by Crippen LogP contribution is -1.95. The third kappa shape index (κ3) is 3.25. The van der Waals surface area contributed by atoms with E-state index < -0.39 is 0 Å². The van der Waals surface area contributed by atoms with Gasteiger partial charge >= 0.3 is 0 Å². The molecule has 2 heterocycles. The van der Waals surface area contributed by atoms with Crippen molar-refractivity contribution in [1.29, 1.82) is 0 Å². The minimum Gasteiger partial charge on any atom is -0.424 e. The van der Waals surface area contributed by atoms with E-state index >= 15 is 0 Å². The maximum atomic E-state index is 6.01. The van der Waals surface area contributed by atoms with Crippen LogP contribution in [0.5, 0.6) is 0 Å². The van der Waals surface area contributed by atoms with Gasteiger partial charge in [0.2, 0.25) is 11.8 Å². The number of halogens is 1. The minimum absolute atomic E-state index is 0.548. The van der Waals surface area contributed by atoms with Crippen molar-refractivity contribution < 1.29 is 4.42 Å². The topological polar surface area (TPSA) is 69.6 Å². The Morgan fingerprint density at radius 2 is 2.10 bits per heavy atom. The fourth-order valence-corrected chi connectivity index (χ4v) is 2.69. The highest BCUT2D eigenvalue weighted by molar-refractivity contribution is 7.98. The van der Waals surface area contributed by atoms with Crippen molar-refractivity contribution in [2.45, 2.75) is 24.3 Å². The molecule has 0 aliphatic carbocycles. The molecule has 0 amide bonds. The molecule has 0 atom stereocenters. The summed E-state index contributed by atoms with van der Waals surface area (Å²) in [5, 5.41) is 17.4. The predicted octanol–water partition coefficient (Wildman–Crippen LogP) is 3.16. The van der Waals surface area contributed by atoms with Gasteiger partial charge in [-0.05, 0) is 18.2 Å². The van der Waals surface area contributed by atoms with Crippen molar-refractivity contribution in [3.05, 3.63) is 47.4 Å². The van der Waals surface area contributed by atoms with Crippen LogP contribution in [-0.2, 0) is 12.2 Å². The molecule has 0 aliphatic rings. The highest BCUT2D eigenvalue weighted by Gasteiger charge is 2.11. The quantitative estimate of drug-likeness (QED) is 0.672. The van der Waals surface area contributed by atoms with Gasteiger partial charge in [0.1, 0.15) is 6.33 Å². The predicted molar refractivity (Wildman–Crippen MR) is 79.6 cm³/mol. The monoisotopic (exact) mass is 321 g/mol. The van der Waals surface area contributed by atoms with Crippen LogP contribution in [0.1, 0.15) is 18.7 Å².